The van der Waals surface area contributed by atoms with Crippen LogP contribution in [-0.4, -0.2) is 63.5 Å². The molecule has 1 aliphatic heterocycles. The molecule has 4 rings (SSSR count). The minimum absolute atomic E-state index is 0.0256. The Balaban J connectivity index is 1.45. The first-order valence-electron chi connectivity index (χ1n) is 9.21. The highest BCUT2D eigenvalue weighted by molar-refractivity contribution is 5.97. The van der Waals surface area contributed by atoms with E-state index in [2.05, 4.69) is 20.3 Å². The second-order valence-corrected chi connectivity index (χ2v) is 6.67. The van der Waals surface area contributed by atoms with Crippen LogP contribution >= 0.6 is 0 Å². The van der Waals surface area contributed by atoms with Crippen LogP contribution in [0.3, 0.4) is 0 Å². The number of H-pyrrole nitrogens is 1. The third-order valence-corrected chi connectivity index (χ3v) is 4.93. The van der Waals surface area contributed by atoms with E-state index in [1.165, 1.54) is 6.08 Å². The molecule has 9 nitrogen and oxygen atoms in total. The number of nitrogens with one attached hydrogen (secondary N) is 2. The van der Waals surface area contributed by atoms with Crippen molar-refractivity contribution >= 4 is 34.6 Å². The molecule has 2 aromatic carbocycles. The third-order valence-electron chi connectivity index (χ3n) is 4.93. The number of anilines is 1. The predicted octanol–water partition coefficient (Wildman–Crippen LogP) is 1.44. The van der Waals surface area contributed by atoms with Crippen LogP contribution in [0, 0.1) is 0 Å². The standard InChI is InChI=1S/C20H20N6O3/c27-19(23-29)8-6-14-3-1-2-4-18(14)25-9-11-26(12-10-25)20(28)15-5-7-16-17(13-15)22-24-21-16/h1-8,13,29H,9-12H2,(H,23,27)(H,21,22,24)/b8-6+. The lowest BCUT2D eigenvalue weighted by Crippen LogP contribution is -2.49. The van der Waals surface area contributed by atoms with Crippen LogP contribution in [0.5, 0.6) is 0 Å². The molecular formula is C20H20N6O3. The molecule has 3 aromatic rings. The molecule has 2 amide bonds. The van der Waals surface area contributed by atoms with Gasteiger partial charge in [-0.15, -0.1) is 0 Å². The van der Waals surface area contributed by atoms with Gasteiger partial charge in [0.2, 0.25) is 0 Å². The van der Waals surface area contributed by atoms with Crippen molar-refractivity contribution in [1.82, 2.24) is 25.8 Å². The summed E-state index contributed by atoms with van der Waals surface area (Å²) in [6, 6.07) is 13.0. The molecule has 0 bridgehead atoms. The molecule has 0 radical (unpaired) electrons. The number of benzene rings is 2. The van der Waals surface area contributed by atoms with Gasteiger partial charge >= 0.3 is 0 Å². The molecule has 0 unspecified atom stereocenters. The van der Waals surface area contributed by atoms with Crippen molar-refractivity contribution in [2.45, 2.75) is 0 Å². The summed E-state index contributed by atoms with van der Waals surface area (Å²) in [6.07, 6.45) is 2.93. The molecule has 1 aromatic heterocycles. The molecule has 0 aliphatic carbocycles. The van der Waals surface area contributed by atoms with Crippen molar-refractivity contribution in [2.24, 2.45) is 0 Å². The van der Waals surface area contributed by atoms with Gasteiger partial charge in [-0.05, 0) is 35.9 Å². The Morgan fingerprint density at radius 1 is 1.03 bits per heavy atom. The van der Waals surface area contributed by atoms with E-state index in [0.29, 0.717) is 37.3 Å². The number of para-hydroxylation sites is 1. The highest BCUT2D eigenvalue weighted by atomic mass is 16.5. The van der Waals surface area contributed by atoms with Crippen molar-refractivity contribution in [3.05, 3.63) is 59.7 Å². The molecule has 29 heavy (non-hydrogen) atoms. The maximum Gasteiger partial charge on any atom is 0.267 e. The fraction of sp³-hybridized carbons (Fsp3) is 0.200. The molecule has 9 heteroatoms. The van der Waals surface area contributed by atoms with Gasteiger partial charge in [0.1, 0.15) is 11.0 Å². The Hall–Kier alpha value is -3.72. The largest absolute Gasteiger partial charge is 0.367 e. The van der Waals surface area contributed by atoms with E-state index in [9.17, 15) is 9.59 Å². The Labute approximate surface area is 166 Å². The number of rotatable bonds is 4. The highest BCUT2D eigenvalue weighted by Crippen LogP contribution is 2.24. The van der Waals surface area contributed by atoms with E-state index < -0.39 is 5.91 Å². The number of fused-ring (bicyclic) bond motifs is 1. The summed E-state index contributed by atoms with van der Waals surface area (Å²) in [6.45, 7) is 2.53. The fourth-order valence-electron chi connectivity index (χ4n) is 3.43. The summed E-state index contributed by atoms with van der Waals surface area (Å²) in [5, 5.41) is 19.2. The molecule has 3 N–H and O–H groups in total. The highest BCUT2D eigenvalue weighted by Gasteiger charge is 2.23. The maximum absolute atomic E-state index is 12.9. The topological polar surface area (TPSA) is 114 Å². The van der Waals surface area contributed by atoms with Crippen LogP contribution in [0.15, 0.2) is 48.5 Å². The first-order valence-corrected chi connectivity index (χ1v) is 9.21. The normalized spacial score (nSPS) is 14.5. The summed E-state index contributed by atoms with van der Waals surface area (Å²) < 4.78 is 0. The molecule has 0 atom stereocenters. The van der Waals surface area contributed by atoms with Crippen LogP contribution in [0.4, 0.5) is 5.69 Å². The summed E-state index contributed by atoms with van der Waals surface area (Å²) in [4.78, 5) is 28.1. The molecule has 0 saturated carbocycles. The van der Waals surface area contributed by atoms with Gasteiger partial charge in [0.25, 0.3) is 11.8 Å². The van der Waals surface area contributed by atoms with Crippen LogP contribution in [0.25, 0.3) is 17.1 Å². The second kappa shape index (κ2) is 8.11. The van der Waals surface area contributed by atoms with E-state index >= 15 is 0 Å². The lowest BCUT2D eigenvalue weighted by atomic mass is 10.1. The first kappa shape index (κ1) is 18.6. The van der Waals surface area contributed by atoms with Crippen LogP contribution < -0.4 is 10.4 Å². The summed E-state index contributed by atoms with van der Waals surface area (Å²) in [5.74, 6) is -0.610. The number of aromatic nitrogens is 3. The zero-order valence-electron chi connectivity index (χ0n) is 15.6. The number of hydrogen-bond donors (Lipinski definition) is 3. The number of hydrogen-bond acceptors (Lipinski definition) is 6. The van der Waals surface area contributed by atoms with Crippen molar-refractivity contribution in [2.75, 3.05) is 31.1 Å². The molecule has 1 saturated heterocycles. The quantitative estimate of drug-likeness (QED) is 0.352. The molecule has 1 fully saturated rings. The van der Waals surface area contributed by atoms with Gasteiger partial charge in [-0.2, -0.15) is 15.4 Å². The Morgan fingerprint density at radius 2 is 1.79 bits per heavy atom. The van der Waals surface area contributed by atoms with Gasteiger partial charge in [-0.3, -0.25) is 14.8 Å². The van der Waals surface area contributed by atoms with Gasteiger partial charge in [0.05, 0.1) is 0 Å². The number of nitrogens with zero attached hydrogens (tertiary/aromatic N) is 4. The monoisotopic (exact) mass is 392 g/mol. The average molecular weight is 392 g/mol. The number of carbonyl (C=O) groups is 2. The summed E-state index contributed by atoms with van der Waals surface area (Å²) in [5.41, 5.74) is 5.42. The van der Waals surface area contributed by atoms with Crippen molar-refractivity contribution in [3.8, 4) is 0 Å². The lowest BCUT2D eigenvalue weighted by Gasteiger charge is -2.36. The van der Waals surface area contributed by atoms with E-state index in [1.807, 2.05) is 29.2 Å². The first-order chi connectivity index (χ1) is 14.2. The number of aromatic amines is 1. The van der Waals surface area contributed by atoms with Crippen LogP contribution in [0.1, 0.15) is 15.9 Å². The number of amides is 2. The van der Waals surface area contributed by atoms with Crippen LogP contribution in [0.2, 0.25) is 0 Å². The molecule has 148 valence electrons. The Bertz CT molecular complexity index is 1070. The number of carbonyl (C=O) groups excluding carboxylic acids is 2. The van der Waals surface area contributed by atoms with E-state index in [1.54, 1.807) is 29.8 Å². The number of hydroxylamine groups is 1. The lowest BCUT2D eigenvalue weighted by molar-refractivity contribution is -0.124. The average Bonchev–Trinajstić information content (AvgIpc) is 3.25. The predicted molar refractivity (Wildman–Crippen MR) is 107 cm³/mol. The Kier molecular flexibility index (Phi) is 5.21. The summed E-state index contributed by atoms with van der Waals surface area (Å²) >= 11 is 0. The molecule has 1 aliphatic rings. The molecule has 2 heterocycles. The second-order valence-electron chi connectivity index (χ2n) is 6.67. The fourth-order valence-corrected chi connectivity index (χ4v) is 3.43. The van der Waals surface area contributed by atoms with Crippen molar-refractivity contribution in [3.63, 3.8) is 0 Å². The van der Waals surface area contributed by atoms with E-state index in [-0.39, 0.29) is 5.91 Å². The Morgan fingerprint density at radius 3 is 2.59 bits per heavy atom. The van der Waals surface area contributed by atoms with Gasteiger partial charge in [-0.1, -0.05) is 18.2 Å². The smallest absolute Gasteiger partial charge is 0.267 e. The summed E-state index contributed by atoms with van der Waals surface area (Å²) in [7, 11) is 0. The zero-order valence-corrected chi connectivity index (χ0v) is 15.6. The van der Waals surface area contributed by atoms with Gasteiger partial charge in [0, 0.05) is 43.5 Å². The van der Waals surface area contributed by atoms with Crippen molar-refractivity contribution < 1.29 is 14.8 Å². The number of piperazine rings is 1. The molecule has 0 spiro atoms. The van der Waals surface area contributed by atoms with Gasteiger partial charge in [0.15, 0.2) is 0 Å². The van der Waals surface area contributed by atoms with E-state index in [0.717, 1.165) is 16.8 Å². The van der Waals surface area contributed by atoms with Gasteiger partial charge in [-0.25, -0.2) is 5.48 Å². The van der Waals surface area contributed by atoms with Gasteiger partial charge < -0.3 is 9.80 Å². The minimum atomic E-state index is -0.584. The SMILES string of the molecule is O=C(/C=C/c1ccccc1N1CCN(C(=O)c2ccc3n[nH]nc3c2)CC1)NO. The zero-order chi connectivity index (χ0) is 20.2. The van der Waals surface area contributed by atoms with Crippen molar-refractivity contribution in [1.29, 1.82) is 0 Å². The third kappa shape index (κ3) is 3.94. The van der Waals surface area contributed by atoms with E-state index in [4.69, 9.17) is 5.21 Å². The molecular weight excluding hydrogens is 372 g/mol. The van der Waals surface area contributed by atoms with Crippen LogP contribution in [-0.2, 0) is 4.79 Å². The minimum Gasteiger partial charge on any atom is -0.367 e. The maximum atomic E-state index is 12.9.